The summed E-state index contributed by atoms with van der Waals surface area (Å²) in [6.07, 6.45) is 1.00. The topological polar surface area (TPSA) is 47.3 Å². The molecule has 1 heterocycles. The molecule has 0 amide bonds. The lowest BCUT2D eigenvalue weighted by molar-refractivity contribution is 0.242. The van der Waals surface area contributed by atoms with Crippen LogP contribution in [-0.2, 0) is 6.42 Å². The Hall–Kier alpha value is -2.00. The Bertz CT molecular complexity index is 637. The summed E-state index contributed by atoms with van der Waals surface area (Å²) in [6, 6.07) is 12.6. The number of para-hydroxylation sites is 1. The van der Waals surface area contributed by atoms with Crippen molar-refractivity contribution in [1.82, 2.24) is 0 Å². The molecule has 104 valence electrons. The summed E-state index contributed by atoms with van der Waals surface area (Å²) in [5.41, 5.74) is 11.6. The van der Waals surface area contributed by atoms with Gasteiger partial charge in [-0.25, -0.2) is 0 Å². The van der Waals surface area contributed by atoms with E-state index in [-0.39, 0.29) is 6.10 Å². The number of benzene rings is 2. The molecule has 3 nitrogen and oxygen atoms in total. The second-order valence-electron chi connectivity index (χ2n) is 5.42. The van der Waals surface area contributed by atoms with E-state index in [9.17, 15) is 0 Å². The van der Waals surface area contributed by atoms with E-state index >= 15 is 0 Å². The van der Waals surface area contributed by atoms with Gasteiger partial charge in [0.05, 0.1) is 5.69 Å². The van der Waals surface area contributed by atoms with Gasteiger partial charge in [-0.2, -0.15) is 0 Å². The number of hydrogen-bond donors (Lipinski definition) is 2. The molecule has 20 heavy (non-hydrogen) atoms. The molecule has 1 aliphatic rings. The van der Waals surface area contributed by atoms with Gasteiger partial charge in [0.15, 0.2) is 0 Å². The summed E-state index contributed by atoms with van der Waals surface area (Å²) in [4.78, 5) is 0. The standard InChI is InChI=1S/C17H20N2O/c1-11-6-7-15(12(2)8-11)19-16-5-3-4-13-9-14(10-18)20-17(13)16/h3-8,14,19H,9-10,18H2,1-2H3. The van der Waals surface area contributed by atoms with Crippen LogP contribution in [0.3, 0.4) is 0 Å². The number of hydrogen-bond acceptors (Lipinski definition) is 3. The van der Waals surface area contributed by atoms with Crippen LogP contribution in [0.15, 0.2) is 36.4 Å². The molecule has 0 bridgehead atoms. The molecule has 3 N–H and O–H groups in total. The van der Waals surface area contributed by atoms with Crippen molar-refractivity contribution in [3.8, 4) is 5.75 Å². The summed E-state index contributed by atoms with van der Waals surface area (Å²) in [6.45, 7) is 4.77. The van der Waals surface area contributed by atoms with Crippen LogP contribution >= 0.6 is 0 Å². The highest BCUT2D eigenvalue weighted by molar-refractivity contribution is 5.71. The third-order valence-corrected chi connectivity index (χ3v) is 3.74. The van der Waals surface area contributed by atoms with E-state index in [0.717, 1.165) is 23.5 Å². The van der Waals surface area contributed by atoms with Crippen LogP contribution in [0.2, 0.25) is 0 Å². The number of nitrogens with two attached hydrogens (primary N) is 1. The predicted molar refractivity (Wildman–Crippen MR) is 82.8 cm³/mol. The highest BCUT2D eigenvalue weighted by Crippen LogP contribution is 2.37. The summed E-state index contributed by atoms with van der Waals surface area (Å²) in [7, 11) is 0. The van der Waals surface area contributed by atoms with Gasteiger partial charge in [-0.05, 0) is 31.5 Å². The van der Waals surface area contributed by atoms with E-state index in [1.54, 1.807) is 0 Å². The monoisotopic (exact) mass is 268 g/mol. The van der Waals surface area contributed by atoms with E-state index in [2.05, 4.69) is 55.6 Å². The maximum absolute atomic E-state index is 5.94. The van der Waals surface area contributed by atoms with Crippen LogP contribution in [0, 0.1) is 13.8 Å². The molecule has 1 atom stereocenters. The molecule has 0 fully saturated rings. The zero-order chi connectivity index (χ0) is 14.1. The maximum atomic E-state index is 5.94. The average molecular weight is 268 g/mol. The lowest BCUT2D eigenvalue weighted by Crippen LogP contribution is -2.24. The Balaban J connectivity index is 1.91. The Morgan fingerprint density at radius 3 is 2.80 bits per heavy atom. The van der Waals surface area contributed by atoms with Crippen molar-refractivity contribution in [3.05, 3.63) is 53.1 Å². The fourth-order valence-electron chi connectivity index (χ4n) is 2.67. The van der Waals surface area contributed by atoms with Gasteiger partial charge in [0.1, 0.15) is 11.9 Å². The molecule has 0 saturated heterocycles. The molecule has 0 aliphatic carbocycles. The summed E-state index contributed by atoms with van der Waals surface area (Å²) in [5, 5.41) is 3.48. The number of anilines is 2. The minimum atomic E-state index is 0.104. The zero-order valence-electron chi connectivity index (χ0n) is 11.9. The van der Waals surface area contributed by atoms with Gasteiger partial charge in [0.2, 0.25) is 0 Å². The Labute approximate surface area is 119 Å². The molecular formula is C17H20N2O. The average Bonchev–Trinajstić information content (AvgIpc) is 2.86. The summed E-state index contributed by atoms with van der Waals surface area (Å²) >= 11 is 0. The predicted octanol–water partition coefficient (Wildman–Crippen LogP) is 3.31. The van der Waals surface area contributed by atoms with Gasteiger partial charge in [-0.3, -0.25) is 0 Å². The molecule has 0 spiro atoms. The molecule has 3 heteroatoms. The lowest BCUT2D eigenvalue weighted by Gasteiger charge is -2.14. The van der Waals surface area contributed by atoms with Gasteiger partial charge < -0.3 is 15.8 Å². The molecule has 1 unspecified atom stereocenters. The first-order valence-corrected chi connectivity index (χ1v) is 7.00. The van der Waals surface area contributed by atoms with Gasteiger partial charge >= 0.3 is 0 Å². The fourth-order valence-corrected chi connectivity index (χ4v) is 2.67. The third kappa shape index (κ3) is 2.37. The maximum Gasteiger partial charge on any atom is 0.146 e. The van der Waals surface area contributed by atoms with Crippen LogP contribution in [0.5, 0.6) is 5.75 Å². The number of aryl methyl sites for hydroxylation is 2. The van der Waals surface area contributed by atoms with Gasteiger partial charge in [-0.15, -0.1) is 0 Å². The highest BCUT2D eigenvalue weighted by atomic mass is 16.5. The SMILES string of the molecule is Cc1ccc(Nc2cccc3c2OC(CN)C3)c(C)c1. The fraction of sp³-hybridized carbons (Fsp3) is 0.294. The first kappa shape index (κ1) is 13.0. The zero-order valence-corrected chi connectivity index (χ0v) is 11.9. The lowest BCUT2D eigenvalue weighted by atomic mass is 10.1. The van der Waals surface area contributed by atoms with Crippen LogP contribution in [0.4, 0.5) is 11.4 Å². The van der Waals surface area contributed by atoms with E-state index in [1.807, 2.05) is 0 Å². The van der Waals surface area contributed by atoms with Gasteiger partial charge in [0, 0.05) is 24.2 Å². The second kappa shape index (κ2) is 5.17. The molecule has 2 aromatic rings. The van der Waals surface area contributed by atoms with Crippen LogP contribution in [0.1, 0.15) is 16.7 Å². The third-order valence-electron chi connectivity index (χ3n) is 3.74. The largest absolute Gasteiger partial charge is 0.486 e. The van der Waals surface area contributed by atoms with Crippen molar-refractivity contribution < 1.29 is 4.74 Å². The van der Waals surface area contributed by atoms with Crippen molar-refractivity contribution in [3.63, 3.8) is 0 Å². The molecule has 0 saturated carbocycles. The van der Waals surface area contributed by atoms with Crippen LogP contribution in [-0.4, -0.2) is 12.6 Å². The van der Waals surface area contributed by atoms with Crippen molar-refractivity contribution >= 4 is 11.4 Å². The number of rotatable bonds is 3. The Morgan fingerprint density at radius 1 is 1.20 bits per heavy atom. The molecule has 2 aromatic carbocycles. The molecule has 3 rings (SSSR count). The van der Waals surface area contributed by atoms with Crippen molar-refractivity contribution in [2.75, 3.05) is 11.9 Å². The van der Waals surface area contributed by atoms with E-state index < -0.39 is 0 Å². The molecule has 0 radical (unpaired) electrons. The van der Waals surface area contributed by atoms with E-state index in [0.29, 0.717) is 6.54 Å². The first-order valence-electron chi connectivity index (χ1n) is 7.00. The van der Waals surface area contributed by atoms with Crippen molar-refractivity contribution in [1.29, 1.82) is 0 Å². The Kier molecular flexibility index (Phi) is 3.36. The van der Waals surface area contributed by atoms with Gasteiger partial charge in [-0.1, -0.05) is 29.8 Å². The number of nitrogens with one attached hydrogen (secondary N) is 1. The van der Waals surface area contributed by atoms with Crippen LogP contribution in [0.25, 0.3) is 0 Å². The summed E-state index contributed by atoms with van der Waals surface area (Å²) < 4.78 is 5.94. The minimum absolute atomic E-state index is 0.104. The quantitative estimate of drug-likeness (QED) is 0.897. The highest BCUT2D eigenvalue weighted by Gasteiger charge is 2.24. The normalized spacial score (nSPS) is 16.6. The van der Waals surface area contributed by atoms with E-state index in [1.165, 1.54) is 16.7 Å². The molecule has 0 aromatic heterocycles. The Morgan fingerprint density at radius 2 is 2.05 bits per heavy atom. The number of fused-ring (bicyclic) bond motifs is 1. The van der Waals surface area contributed by atoms with Crippen LogP contribution < -0.4 is 15.8 Å². The smallest absolute Gasteiger partial charge is 0.146 e. The second-order valence-corrected chi connectivity index (χ2v) is 5.42. The van der Waals surface area contributed by atoms with Gasteiger partial charge in [0.25, 0.3) is 0 Å². The summed E-state index contributed by atoms with van der Waals surface area (Å²) in [5.74, 6) is 0.947. The first-order chi connectivity index (χ1) is 9.67. The molecular weight excluding hydrogens is 248 g/mol. The van der Waals surface area contributed by atoms with E-state index in [4.69, 9.17) is 10.5 Å². The van der Waals surface area contributed by atoms with Crippen molar-refractivity contribution in [2.24, 2.45) is 5.73 Å². The minimum Gasteiger partial charge on any atom is -0.486 e. The molecule has 1 aliphatic heterocycles. The number of ether oxygens (including phenoxy) is 1. The van der Waals surface area contributed by atoms with Crippen molar-refractivity contribution in [2.45, 2.75) is 26.4 Å².